The third-order valence-corrected chi connectivity index (χ3v) is 11.2. The summed E-state index contributed by atoms with van der Waals surface area (Å²) in [7, 11) is 1.70. The Labute approximate surface area is 419 Å². The van der Waals surface area contributed by atoms with Gasteiger partial charge in [-0.2, -0.15) is 0 Å². The molecule has 0 fully saturated rings. The third-order valence-electron chi connectivity index (χ3n) is 11.2. The van der Waals surface area contributed by atoms with Crippen LogP contribution < -0.4 is 26.6 Å². The number of rotatable bonds is 52. The highest BCUT2D eigenvalue weighted by atomic mass is 16.5. The summed E-state index contributed by atoms with van der Waals surface area (Å²) < 4.78 is 26.5. The molecule has 0 aromatic rings. The van der Waals surface area contributed by atoms with E-state index >= 15 is 0 Å². The van der Waals surface area contributed by atoms with Crippen LogP contribution in [0.4, 0.5) is 0 Å². The predicted octanol–water partition coefficient (Wildman–Crippen LogP) is 3.10. The molecule has 0 aliphatic carbocycles. The van der Waals surface area contributed by atoms with Crippen LogP contribution >= 0.6 is 0 Å². The molecule has 0 aliphatic heterocycles. The lowest BCUT2D eigenvalue weighted by Gasteiger charge is -2.17. The first kappa shape index (κ1) is 66.4. The van der Waals surface area contributed by atoms with E-state index in [2.05, 4.69) is 26.6 Å². The van der Waals surface area contributed by atoms with E-state index in [1.165, 1.54) is 0 Å². The Kier molecular flexibility index (Phi) is 43.4. The number of amides is 4. The van der Waals surface area contributed by atoms with Crippen LogP contribution in [-0.4, -0.2) is 173 Å². The van der Waals surface area contributed by atoms with E-state index < -0.39 is 29.9 Å². The Morgan fingerprint density at radius 2 is 0.944 bits per heavy atom. The topological polar surface area (TPSA) is 321 Å². The summed E-state index contributed by atoms with van der Waals surface area (Å²) in [6, 6.07) is -1.52. The van der Waals surface area contributed by atoms with E-state index in [1.807, 2.05) is 6.92 Å². The van der Waals surface area contributed by atoms with Gasteiger partial charge in [0.15, 0.2) is 0 Å². The van der Waals surface area contributed by atoms with Gasteiger partial charge in [-0.05, 0) is 78.2 Å². The molecule has 71 heavy (non-hydrogen) atoms. The van der Waals surface area contributed by atoms with Crippen molar-refractivity contribution in [2.24, 2.45) is 5.92 Å². The van der Waals surface area contributed by atoms with Gasteiger partial charge in [0.1, 0.15) is 37.4 Å². The lowest BCUT2D eigenvalue weighted by Crippen LogP contribution is -2.41. The zero-order chi connectivity index (χ0) is 52.7. The van der Waals surface area contributed by atoms with E-state index in [9.17, 15) is 53.4 Å². The van der Waals surface area contributed by atoms with Gasteiger partial charge in [0, 0.05) is 65.0 Å². The maximum absolute atomic E-state index is 12.8. The normalized spacial score (nSPS) is 12.4. The van der Waals surface area contributed by atoms with Crippen LogP contribution in [0.1, 0.15) is 148 Å². The minimum absolute atomic E-state index is 0.00159. The van der Waals surface area contributed by atoms with E-state index in [0.29, 0.717) is 71.1 Å². The van der Waals surface area contributed by atoms with Crippen LogP contribution in [0.2, 0.25) is 0 Å². The molecule has 0 unspecified atom stereocenters. The number of aliphatic carboxylic acids is 3. The minimum atomic E-state index is -1.19. The second kappa shape index (κ2) is 46.5. The van der Waals surface area contributed by atoms with Crippen molar-refractivity contribution >= 4 is 53.1 Å². The molecule has 8 N–H and O–H groups in total. The minimum Gasteiger partial charge on any atom is -0.481 e. The standard InChI is InChI=1S/C49H87N5O17/c1-3-67-35-44(58)51-27-15-13-19-40(50-2)42(56)25-22-38(48(63)64)17-12-14-26-52-45(59)36-71-34-32-69-30-28-53-46(60)37-70-33-31-68-29-16-18-39(55)23-24-41(49(65)66)54-43(57)20-10-8-6-4-5-7-9-11-21-47(61)62/h38,40-41,50H,3-37H2,1-2H3,(H,51,58)(H,52,59)(H,53,60)(H,54,57)(H,61,62)(H,63,64)(H,65,66)/t38-,40+,41+/m1/s1. The van der Waals surface area contributed by atoms with Crippen LogP contribution in [0.25, 0.3) is 0 Å². The van der Waals surface area contributed by atoms with Crippen molar-refractivity contribution in [3.63, 3.8) is 0 Å². The molecule has 0 bridgehead atoms. The Balaban J connectivity index is 3.83. The molecule has 0 spiro atoms. The zero-order valence-corrected chi connectivity index (χ0v) is 42.5. The zero-order valence-electron chi connectivity index (χ0n) is 42.5. The van der Waals surface area contributed by atoms with Crippen LogP contribution in [-0.2, 0) is 66.8 Å². The number of unbranched alkanes of at least 4 members (excludes halogenated alkanes) is 9. The van der Waals surface area contributed by atoms with Gasteiger partial charge in [0.05, 0.1) is 45.0 Å². The SMILES string of the molecule is CCOCC(=O)NCCCC[C@H](NC)C(=O)CC[C@@H](CCCCNC(=O)COCCOCCNC(=O)COCCOCCCC(=O)CC[C@H](NC(=O)CCCCCCCCCCC(=O)O)C(=O)O)C(=O)O. The third kappa shape index (κ3) is 42.8. The molecule has 0 radical (unpaired) electrons. The number of likely N-dealkylation sites (N-methyl/N-ethyl adjacent to an activating group) is 1. The van der Waals surface area contributed by atoms with Crippen molar-refractivity contribution in [3.8, 4) is 0 Å². The first-order valence-electron chi connectivity index (χ1n) is 25.6. The van der Waals surface area contributed by atoms with E-state index in [0.717, 1.165) is 44.9 Å². The fourth-order valence-corrected chi connectivity index (χ4v) is 7.12. The second-order valence-corrected chi connectivity index (χ2v) is 17.3. The number of carboxylic acid groups (broad SMARTS) is 3. The fourth-order valence-electron chi connectivity index (χ4n) is 7.12. The number of carbonyl (C=O) groups is 9. The molecule has 0 aromatic heterocycles. The highest BCUT2D eigenvalue weighted by Crippen LogP contribution is 2.17. The monoisotopic (exact) mass is 1020 g/mol. The number of carboxylic acids is 3. The molecular weight excluding hydrogens is 931 g/mol. The summed E-state index contributed by atoms with van der Waals surface area (Å²) in [4.78, 5) is 107. The van der Waals surface area contributed by atoms with Gasteiger partial charge in [0.25, 0.3) is 0 Å². The summed E-state index contributed by atoms with van der Waals surface area (Å²) in [6.07, 6.45) is 12.0. The van der Waals surface area contributed by atoms with E-state index in [1.54, 1.807) is 7.05 Å². The number of ether oxygens (including phenoxy) is 5. The van der Waals surface area contributed by atoms with E-state index in [-0.39, 0.29) is 152 Å². The quantitative estimate of drug-likeness (QED) is 0.0406. The van der Waals surface area contributed by atoms with Crippen LogP contribution in [0.3, 0.4) is 0 Å². The number of Topliss-reactive ketones (excluding diaryl/α,β-unsaturated/α-hetero) is 2. The molecule has 0 aromatic carbocycles. The molecule has 0 rings (SSSR count). The lowest BCUT2D eigenvalue weighted by atomic mass is 9.93. The van der Waals surface area contributed by atoms with Gasteiger partial charge in [-0.25, -0.2) is 4.79 Å². The molecule has 0 saturated carbocycles. The smallest absolute Gasteiger partial charge is 0.326 e. The van der Waals surface area contributed by atoms with E-state index in [4.69, 9.17) is 28.8 Å². The second-order valence-electron chi connectivity index (χ2n) is 17.3. The maximum Gasteiger partial charge on any atom is 0.326 e. The van der Waals surface area contributed by atoms with Gasteiger partial charge < -0.3 is 65.6 Å². The Hall–Kier alpha value is -4.61. The first-order chi connectivity index (χ1) is 34.2. The van der Waals surface area contributed by atoms with Gasteiger partial charge in [-0.1, -0.05) is 44.9 Å². The van der Waals surface area contributed by atoms with Crippen molar-refractivity contribution in [1.82, 2.24) is 26.6 Å². The highest BCUT2D eigenvalue weighted by molar-refractivity contribution is 5.85. The molecule has 3 atom stereocenters. The largest absolute Gasteiger partial charge is 0.481 e. The molecule has 410 valence electrons. The lowest BCUT2D eigenvalue weighted by molar-refractivity contribution is -0.143. The van der Waals surface area contributed by atoms with Crippen molar-refractivity contribution < 1.29 is 82.2 Å². The maximum atomic E-state index is 12.8. The van der Waals surface area contributed by atoms with Crippen molar-refractivity contribution in [2.75, 3.05) is 92.8 Å². The summed E-state index contributed by atoms with van der Waals surface area (Å²) in [6.45, 7) is 4.28. The number of hydrogen-bond donors (Lipinski definition) is 8. The van der Waals surface area contributed by atoms with Crippen molar-refractivity contribution in [2.45, 2.75) is 160 Å². The van der Waals surface area contributed by atoms with Crippen LogP contribution in [0, 0.1) is 5.92 Å². The van der Waals surface area contributed by atoms with Gasteiger partial charge in [0.2, 0.25) is 23.6 Å². The van der Waals surface area contributed by atoms with Crippen molar-refractivity contribution in [3.05, 3.63) is 0 Å². The average Bonchev–Trinajstić information content (AvgIpc) is 3.33. The van der Waals surface area contributed by atoms with Crippen molar-refractivity contribution in [1.29, 1.82) is 0 Å². The average molecular weight is 1020 g/mol. The number of nitrogens with one attached hydrogen (secondary N) is 5. The molecule has 4 amide bonds. The number of ketones is 2. The molecule has 0 aliphatic rings. The van der Waals surface area contributed by atoms with Gasteiger partial charge in [-0.15, -0.1) is 0 Å². The molecular formula is C49H87N5O17. The Morgan fingerprint density at radius 3 is 1.49 bits per heavy atom. The molecule has 0 heterocycles. The summed E-state index contributed by atoms with van der Waals surface area (Å²) in [5, 5.41) is 41.5. The fraction of sp³-hybridized carbons (Fsp3) is 0.816. The molecule has 22 nitrogen and oxygen atoms in total. The van der Waals surface area contributed by atoms with Crippen LogP contribution in [0.5, 0.6) is 0 Å². The molecule has 22 heteroatoms. The number of hydrogen-bond acceptors (Lipinski definition) is 15. The summed E-state index contributed by atoms with van der Waals surface area (Å²) in [5.41, 5.74) is 0. The number of carbonyl (C=O) groups excluding carboxylic acids is 6. The Bertz CT molecular complexity index is 1500. The highest BCUT2D eigenvalue weighted by Gasteiger charge is 2.23. The van der Waals surface area contributed by atoms with Crippen LogP contribution in [0.15, 0.2) is 0 Å². The summed E-state index contributed by atoms with van der Waals surface area (Å²) >= 11 is 0. The van der Waals surface area contributed by atoms with Gasteiger partial charge in [-0.3, -0.25) is 38.4 Å². The van der Waals surface area contributed by atoms with Gasteiger partial charge >= 0.3 is 17.9 Å². The molecule has 0 saturated heterocycles. The summed E-state index contributed by atoms with van der Waals surface area (Å²) in [5.74, 6) is -4.96. The predicted molar refractivity (Wildman–Crippen MR) is 262 cm³/mol. The first-order valence-corrected chi connectivity index (χ1v) is 25.6. The Morgan fingerprint density at radius 1 is 0.423 bits per heavy atom.